The highest BCUT2D eigenvalue weighted by molar-refractivity contribution is 6.40. The summed E-state index contributed by atoms with van der Waals surface area (Å²) >= 11 is 9.53. The number of hydrogen-bond donors (Lipinski definition) is 0. The summed E-state index contributed by atoms with van der Waals surface area (Å²) in [4.78, 5) is 8.18. The monoisotopic (exact) mass is 816 g/mol. The quantitative estimate of drug-likeness (QED) is 0.140. The maximum atomic E-state index is 9.48. The molecule has 10 heteroatoms. The van der Waals surface area contributed by atoms with E-state index in [1.54, 1.807) is 0 Å². The van der Waals surface area contributed by atoms with Gasteiger partial charge < -0.3 is 19.6 Å². The molecular weight excluding hydrogens is 772 g/mol. The van der Waals surface area contributed by atoms with E-state index in [9.17, 15) is 21.0 Å². The van der Waals surface area contributed by atoms with Crippen LogP contribution in [0.3, 0.4) is 0 Å². The van der Waals surface area contributed by atoms with Crippen LogP contribution in [0.25, 0.3) is 44.5 Å². The van der Waals surface area contributed by atoms with Gasteiger partial charge in [-0.05, 0) is 117 Å². The second-order valence-electron chi connectivity index (χ2n) is 14.2. The SMILES string of the molecule is CN(C)c1ccc(-c2cc(C#N)c(C#N)cc2-c2ccc(N(C)C)cc2)cc1.CN(C)c1ccc(-c2cc(C#N)c(C#N)cc2-c2ccc(N(C)C)cc2)cc1.ClCCl. The molecule has 6 aromatic carbocycles. The summed E-state index contributed by atoms with van der Waals surface area (Å²) in [5.41, 5.74) is 13.8. The molecule has 0 heterocycles. The Morgan fingerprint density at radius 2 is 0.492 bits per heavy atom. The number of benzene rings is 6. The van der Waals surface area contributed by atoms with E-state index in [1.807, 2.05) is 100 Å². The smallest absolute Gasteiger partial charge is 0.101 e. The van der Waals surface area contributed by atoms with Crippen LogP contribution < -0.4 is 19.6 Å². The first-order valence-electron chi connectivity index (χ1n) is 18.5. The van der Waals surface area contributed by atoms with Crippen molar-refractivity contribution in [3.8, 4) is 68.8 Å². The van der Waals surface area contributed by atoms with Crippen molar-refractivity contribution in [3.05, 3.63) is 144 Å². The minimum atomic E-state index is 0.194. The van der Waals surface area contributed by atoms with Crippen molar-refractivity contribution in [2.75, 3.05) is 81.3 Å². The lowest BCUT2D eigenvalue weighted by molar-refractivity contribution is 1.13. The van der Waals surface area contributed by atoms with Crippen LogP contribution in [-0.2, 0) is 0 Å². The van der Waals surface area contributed by atoms with Crippen LogP contribution in [0.2, 0.25) is 0 Å². The second kappa shape index (κ2) is 21.0. The Balaban J connectivity index is 0.000000244. The summed E-state index contributed by atoms with van der Waals surface area (Å²) < 4.78 is 0. The van der Waals surface area contributed by atoms with E-state index in [2.05, 4.69) is 121 Å². The van der Waals surface area contributed by atoms with Gasteiger partial charge in [0.2, 0.25) is 0 Å². The molecule has 0 spiro atoms. The van der Waals surface area contributed by atoms with Gasteiger partial charge in [0.05, 0.1) is 27.6 Å². The standard InChI is InChI=1S/2C24H22N4.CH2Cl2/c2*1-27(2)21-9-5-17(6-10-21)23-13-19(15-25)20(16-26)14-24(23)18-7-11-22(12-8-18)28(3)4;2-1-3/h2*5-14H,1-4H3;1H2. The van der Waals surface area contributed by atoms with E-state index in [4.69, 9.17) is 23.2 Å². The van der Waals surface area contributed by atoms with Crippen LogP contribution in [-0.4, -0.2) is 61.7 Å². The third-order valence-electron chi connectivity index (χ3n) is 9.58. The number of rotatable bonds is 8. The van der Waals surface area contributed by atoms with Crippen molar-refractivity contribution in [1.82, 2.24) is 0 Å². The molecule has 59 heavy (non-hydrogen) atoms. The Hall–Kier alpha value is -6.94. The van der Waals surface area contributed by atoms with Gasteiger partial charge in [-0.15, -0.1) is 23.2 Å². The maximum absolute atomic E-state index is 9.48. The van der Waals surface area contributed by atoms with Crippen LogP contribution in [0.1, 0.15) is 22.3 Å². The van der Waals surface area contributed by atoms with Crippen LogP contribution in [0.4, 0.5) is 22.7 Å². The predicted molar refractivity (Wildman–Crippen MR) is 247 cm³/mol. The molecule has 0 saturated heterocycles. The van der Waals surface area contributed by atoms with Crippen molar-refractivity contribution in [3.63, 3.8) is 0 Å². The number of anilines is 4. The average Bonchev–Trinajstić information content (AvgIpc) is 3.26. The van der Waals surface area contributed by atoms with E-state index in [0.29, 0.717) is 22.3 Å². The third kappa shape index (κ3) is 11.1. The van der Waals surface area contributed by atoms with Gasteiger partial charge in [0.25, 0.3) is 0 Å². The lowest BCUT2D eigenvalue weighted by Crippen LogP contribution is -2.08. The van der Waals surface area contributed by atoms with Gasteiger partial charge in [-0.2, -0.15) is 21.0 Å². The third-order valence-corrected chi connectivity index (χ3v) is 9.58. The zero-order valence-electron chi connectivity index (χ0n) is 34.6. The minimum absolute atomic E-state index is 0.194. The molecule has 6 aromatic rings. The summed E-state index contributed by atoms with van der Waals surface area (Å²) in [5, 5.41) is 38.1. The van der Waals surface area contributed by atoms with Crippen LogP contribution in [0, 0.1) is 45.3 Å². The molecule has 0 aliphatic rings. The normalized spacial score (nSPS) is 9.86. The van der Waals surface area contributed by atoms with E-state index in [1.165, 1.54) is 0 Å². The van der Waals surface area contributed by atoms with Gasteiger partial charge in [-0.25, -0.2) is 0 Å². The number of alkyl halides is 2. The largest absolute Gasteiger partial charge is 0.378 e. The van der Waals surface area contributed by atoms with E-state index in [0.717, 1.165) is 67.3 Å². The highest BCUT2D eigenvalue weighted by Crippen LogP contribution is 2.37. The number of nitrogens with zero attached hydrogens (tertiary/aromatic N) is 8. The Kier molecular flexibility index (Phi) is 15.9. The molecule has 0 aliphatic carbocycles. The summed E-state index contributed by atoms with van der Waals surface area (Å²) in [6.07, 6.45) is 0. The molecule has 0 aromatic heterocycles. The molecule has 0 unspecified atom stereocenters. The first-order valence-corrected chi connectivity index (χ1v) is 19.6. The lowest BCUT2D eigenvalue weighted by atomic mass is 9.90. The molecule has 6 rings (SSSR count). The van der Waals surface area contributed by atoms with Crippen molar-refractivity contribution in [2.24, 2.45) is 0 Å². The molecular formula is C49H46Cl2N8. The summed E-state index contributed by atoms with van der Waals surface area (Å²) in [6.45, 7) is 0. The van der Waals surface area contributed by atoms with Crippen molar-refractivity contribution in [2.45, 2.75) is 0 Å². The van der Waals surface area contributed by atoms with Crippen LogP contribution in [0.5, 0.6) is 0 Å². The van der Waals surface area contributed by atoms with E-state index in [-0.39, 0.29) is 5.34 Å². The fourth-order valence-electron chi connectivity index (χ4n) is 6.28. The maximum Gasteiger partial charge on any atom is 0.101 e. The Labute approximate surface area is 359 Å². The summed E-state index contributed by atoms with van der Waals surface area (Å²) in [6, 6.07) is 48.7. The summed E-state index contributed by atoms with van der Waals surface area (Å²) in [7, 11) is 16.0. The lowest BCUT2D eigenvalue weighted by Gasteiger charge is -2.16. The van der Waals surface area contributed by atoms with Crippen LogP contribution in [0.15, 0.2) is 121 Å². The first-order chi connectivity index (χ1) is 28.3. The van der Waals surface area contributed by atoms with E-state index < -0.39 is 0 Å². The number of halogens is 2. The molecule has 0 bridgehead atoms. The first kappa shape index (κ1) is 44.8. The van der Waals surface area contributed by atoms with Crippen LogP contribution >= 0.6 is 23.2 Å². The highest BCUT2D eigenvalue weighted by Gasteiger charge is 2.16. The molecule has 0 aliphatic heterocycles. The number of nitriles is 4. The molecule has 0 radical (unpaired) electrons. The molecule has 0 saturated carbocycles. The van der Waals surface area contributed by atoms with Gasteiger partial charge in [-0.3, -0.25) is 0 Å². The van der Waals surface area contributed by atoms with Crippen molar-refractivity contribution in [1.29, 1.82) is 21.0 Å². The van der Waals surface area contributed by atoms with Gasteiger partial charge in [-0.1, -0.05) is 48.5 Å². The average molecular weight is 818 g/mol. The number of hydrogen-bond acceptors (Lipinski definition) is 8. The summed E-state index contributed by atoms with van der Waals surface area (Å²) in [5.74, 6) is 0. The molecule has 0 fully saturated rings. The van der Waals surface area contributed by atoms with Gasteiger partial charge in [0.15, 0.2) is 0 Å². The zero-order chi connectivity index (χ0) is 43.2. The second-order valence-corrected chi connectivity index (χ2v) is 15.0. The molecule has 296 valence electrons. The molecule has 0 atom stereocenters. The van der Waals surface area contributed by atoms with Crippen molar-refractivity contribution >= 4 is 46.0 Å². The highest BCUT2D eigenvalue weighted by atomic mass is 35.5. The zero-order valence-corrected chi connectivity index (χ0v) is 36.1. The topological polar surface area (TPSA) is 108 Å². The Morgan fingerprint density at radius 3 is 0.610 bits per heavy atom. The van der Waals surface area contributed by atoms with Gasteiger partial charge >= 0.3 is 0 Å². The fourth-order valence-corrected chi connectivity index (χ4v) is 6.28. The Bertz CT molecular complexity index is 2160. The van der Waals surface area contributed by atoms with Crippen molar-refractivity contribution < 1.29 is 0 Å². The van der Waals surface area contributed by atoms with Gasteiger partial charge in [0, 0.05) is 79.1 Å². The van der Waals surface area contributed by atoms with E-state index >= 15 is 0 Å². The molecule has 8 nitrogen and oxygen atoms in total. The minimum Gasteiger partial charge on any atom is -0.378 e. The predicted octanol–water partition coefficient (Wildman–Crippen LogP) is 11.2. The van der Waals surface area contributed by atoms with Gasteiger partial charge in [0.1, 0.15) is 24.3 Å². The molecule has 0 amide bonds. The fraction of sp³-hybridized carbons (Fsp3) is 0.184. The molecule has 0 N–H and O–H groups in total. The Morgan fingerprint density at radius 1 is 0.339 bits per heavy atom.